The van der Waals surface area contributed by atoms with Crippen molar-refractivity contribution in [1.82, 2.24) is 15.2 Å². The lowest BCUT2D eigenvalue weighted by Crippen LogP contribution is -2.33. The Balaban J connectivity index is 1.79. The molecule has 0 radical (unpaired) electrons. The number of hydrogen-bond acceptors (Lipinski definition) is 6. The molecule has 1 fully saturated rings. The number of aromatic nitrogens is 1. The lowest BCUT2D eigenvalue weighted by molar-refractivity contribution is 0.239. The fourth-order valence-corrected chi connectivity index (χ4v) is 4.90. The van der Waals surface area contributed by atoms with E-state index in [1.54, 1.807) is 18.4 Å². The first-order valence-corrected chi connectivity index (χ1v) is 10.7. The van der Waals surface area contributed by atoms with Crippen molar-refractivity contribution in [1.29, 1.82) is 0 Å². The molecule has 1 N–H and O–H groups in total. The van der Waals surface area contributed by atoms with Gasteiger partial charge in [0.2, 0.25) is 0 Å². The van der Waals surface area contributed by atoms with Gasteiger partial charge in [0.25, 0.3) is 0 Å². The van der Waals surface area contributed by atoms with Gasteiger partial charge in [-0.05, 0) is 49.7 Å². The Hall–Kier alpha value is -2.15. The molecule has 2 heterocycles. The summed E-state index contributed by atoms with van der Waals surface area (Å²) in [6.07, 6.45) is 1.13. The van der Waals surface area contributed by atoms with E-state index in [1.807, 2.05) is 13.0 Å². The van der Waals surface area contributed by atoms with Crippen molar-refractivity contribution in [3.8, 4) is 11.5 Å². The van der Waals surface area contributed by atoms with Crippen molar-refractivity contribution < 1.29 is 9.47 Å². The molecule has 4 rings (SSSR count). The molecular weight excluding hydrogens is 370 g/mol. The highest BCUT2D eigenvalue weighted by Crippen LogP contribution is 2.38. The number of hydrogen-bond donors (Lipinski definition) is 1. The third kappa shape index (κ3) is 3.99. The third-order valence-electron chi connectivity index (χ3n) is 5.09. The van der Waals surface area contributed by atoms with Gasteiger partial charge in [-0.25, -0.2) is 4.98 Å². The number of para-hydroxylation sites is 1. The summed E-state index contributed by atoms with van der Waals surface area (Å²) in [6.45, 7) is 6.71. The monoisotopic (exact) mass is 397 g/mol. The van der Waals surface area contributed by atoms with E-state index in [1.165, 1.54) is 10.3 Å². The minimum absolute atomic E-state index is 0.113. The number of nitrogens with one attached hydrogen (secondary N) is 1. The molecule has 0 saturated carbocycles. The molecule has 1 atom stereocenters. The number of ether oxygens (including phenoxy) is 2. The standard InChI is InChI=1S/C22H27N3O2S/c1-3-27-19-15-16(9-10-18(19)26-2)21(25-13-6-11-23-12-14-25)22-24-17-7-4-5-8-20(17)28-22/h4-5,7-10,15,21,23H,3,6,11-14H2,1-2H3. The first-order chi connectivity index (χ1) is 13.8. The molecule has 0 amide bonds. The largest absolute Gasteiger partial charge is 0.493 e. The summed E-state index contributed by atoms with van der Waals surface area (Å²) in [4.78, 5) is 7.53. The van der Waals surface area contributed by atoms with Crippen LogP contribution in [0.3, 0.4) is 0 Å². The highest BCUT2D eigenvalue weighted by Gasteiger charge is 2.27. The topological polar surface area (TPSA) is 46.6 Å². The van der Waals surface area contributed by atoms with Gasteiger partial charge in [-0.3, -0.25) is 4.90 Å². The van der Waals surface area contributed by atoms with E-state index >= 15 is 0 Å². The summed E-state index contributed by atoms with van der Waals surface area (Å²) in [7, 11) is 1.68. The van der Waals surface area contributed by atoms with E-state index in [-0.39, 0.29) is 6.04 Å². The van der Waals surface area contributed by atoms with Crippen LogP contribution in [0.25, 0.3) is 10.2 Å². The molecule has 6 heteroatoms. The van der Waals surface area contributed by atoms with Gasteiger partial charge in [0.15, 0.2) is 11.5 Å². The van der Waals surface area contributed by atoms with Crippen LogP contribution in [0.1, 0.15) is 30.0 Å². The molecular formula is C22H27N3O2S. The van der Waals surface area contributed by atoms with Crippen LogP contribution in [0.2, 0.25) is 0 Å². The average Bonchev–Trinajstić information content (AvgIpc) is 2.96. The van der Waals surface area contributed by atoms with E-state index < -0.39 is 0 Å². The van der Waals surface area contributed by atoms with Gasteiger partial charge in [0, 0.05) is 19.6 Å². The first-order valence-electron chi connectivity index (χ1n) is 9.91. The normalized spacial score (nSPS) is 16.6. The molecule has 1 aliphatic rings. The van der Waals surface area contributed by atoms with Crippen molar-refractivity contribution in [2.75, 3.05) is 39.9 Å². The molecule has 2 aromatic carbocycles. The zero-order valence-corrected chi connectivity index (χ0v) is 17.3. The number of nitrogens with zero attached hydrogens (tertiary/aromatic N) is 2. The van der Waals surface area contributed by atoms with Crippen molar-refractivity contribution >= 4 is 21.6 Å². The summed E-state index contributed by atoms with van der Waals surface area (Å²) < 4.78 is 12.6. The quantitative estimate of drug-likeness (QED) is 0.679. The molecule has 1 saturated heterocycles. The molecule has 28 heavy (non-hydrogen) atoms. The lowest BCUT2D eigenvalue weighted by atomic mass is 10.0. The Bertz CT molecular complexity index is 886. The summed E-state index contributed by atoms with van der Waals surface area (Å²) in [6, 6.07) is 14.8. The molecule has 5 nitrogen and oxygen atoms in total. The van der Waals surface area contributed by atoms with Gasteiger partial charge in [-0.15, -0.1) is 11.3 Å². The number of methoxy groups -OCH3 is 1. The van der Waals surface area contributed by atoms with E-state index in [9.17, 15) is 0 Å². The predicted octanol–water partition coefficient (Wildman–Crippen LogP) is 4.09. The lowest BCUT2D eigenvalue weighted by Gasteiger charge is -2.29. The Kier molecular flexibility index (Phi) is 6.10. The van der Waals surface area contributed by atoms with Gasteiger partial charge < -0.3 is 14.8 Å². The molecule has 0 aliphatic carbocycles. The van der Waals surface area contributed by atoms with Gasteiger partial charge in [0.05, 0.1) is 30.0 Å². The second-order valence-corrected chi connectivity index (χ2v) is 7.97. The van der Waals surface area contributed by atoms with Crippen molar-refractivity contribution in [3.63, 3.8) is 0 Å². The van der Waals surface area contributed by atoms with Crippen LogP contribution in [0.15, 0.2) is 42.5 Å². The Labute approximate surface area is 170 Å². The third-order valence-corrected chi connectivity index (χ3v) is 6.18. The maximum atomic E-state index is 5.85. The minimum Gasteiger partial charge on any atom is -0.493 e. The molecule has 1 aliphatic heterocycles. The summed E-state index contributed by atoms with van der Waals surface area (Å²) in [5, 5.41) is 4.64. The van der Waals surface area contributed by atoms with Crippen LogP contribution in [0, 0.1) is 0 Å². The van der Waals surface area contributed by atoms with Crippen LogP contribution in [-0.2, 0) is 0 Å². The molecule has 0 bridgehead atoms. The Morgan fingerprint density at radius 3 is 2.86 bits per heavy atom. The smallest absolute Gasteiger partial charge is 0.161 e. The van der Waals surface area contributed by atoms with Crippen LogP contribution in [0.5, 0.6) is 11.5 Å². The SMILES string of the molecule is CCOc1cc(C(c2nc3ccccc3s2)N2CCCNCC2)ccc1OC. The highest BCUT2D eigenvalue weighted by atomic mass is 32.1. The zero-order valence-electron chi connectivity index (χ0n) is 16.5. The second-order valence-electron chi connectivity index (χ2n) is 6.91. The van der Waals surface area contributed by atoms with Gasteiger partial charge in [0.1, 0.15) is 5.01 Å². The van der Waals surface area contributed by atoms with Crippen molar-refractivity contribution in [2.24, 2.45) is 0 Å². The van der Waals surface area contributed by atoms with Crippen molar-refractivity contribution in [3.05, 3.63) is 53.0 Å². The van der Waals surface area contributed by atoms with Crippen LogP contribution < -0.4 is 14.8 Å². The molecule has 148 valence electrons. The minimum atomic E-state index is 0.113. The number of benzene rings is 2. The fraction of sp³-hybridized carbons (Fsp3) is 0.409. The van der Waals surface area contributed by atoms with Gasteiger partial charge in [-0.1, -0.05) is 18.2 Å². The average molecular weight is 398 g/mol. The predicted molar refractivity (Wildman–Crippen MR) is 115 cm³/mol. The second kappa shape index (κ2) is 8.90. The summed E-state index contributed by atoms with van der Waals surface area (Å²) >= 11 is 1.78. The zero-order chi connectivity index (χ0) is 19.3. The van der Waals surface area contributed by atoms with E-state index in [0.29, 0.717) is 6.61 Å². The summed E-state index contributed by atoms with van der Waals surface area (Å²) in [5.74, 6) is 1.56. The van der Waals surface area contributed by atoms with Crippen LogP contribution in [0.4, 0.5) is 0 Å². The molecule has 0 spiro atoms. The maximum Gasteiger partial charge on any atom is 0.161 e. The van der Waals surface area contributed by atoms with Crippen molar-refractivity contribution in [2.45, 2.75) is 19.4 Å². The van der Waals surface area contributed by atoms with Crippen LogP contribution in [-0.4, -0.2) is 49.8 Å². The number of thiazole rings is 1. The fourth-order valence-electron chi connectivity index (χ4n) is 3.77. The number of rotatable bonds is 6. The van der Waals surface area contributed by atoms with Gasteiger partial charge in [-0.2, -0.15) is 0 Å². The number of fused-ring (bicyclic) bond motifs is 1. The van der Waals surface area contributed by atoms with Crippen LogP contribution >= 0.6 is 11.3 Å². The molecule has 3 aromatic rings. The van der Waals surface area contributed by atoms with E-state index in [2.05, 4.69) is 46.6 Å². The molecule has 1 unspecified atom stereocenters. The van der Waals surface area contributed by atoms with E-state index in [0.717, 1.165) is 54.6 Å². The van der Waals surface area contributed by atoms with Gasteiger partial charge >= 0.3 is 0 Å². The Morgan fingerprint density at radius 2 is 2.04 bits per heavy atom. The highest BCUT2D eigenvalue weighted by molar-refractivity contribution is 7.18. The molecule has 1 aromatic heterocycles. The van der Waals surface area contributed by atoms with E-state index in [4.69, 9.17) is 14.5 Å². The Morgan fingerprint density at radius 1 is 1.14 bits per heavy atom. The first kappa shape index (κ1) is 19.2. The maximum absolute atomic E-state index is 5.85. The summed E-state index contributed by atoms with van der Waals surface area (Å²) in [5.41, 5.74) is 2.27.